The molecule has 132 valence electrons. The van der Waals surface area contributed by atoms with E-state index in [4.69, 9.17) is 16.3 Å². The molecular weight excluding hydrogens is 335 g/mol. The smallest absolute Gasteiger partial charge is 0.391 e. The number of oxime groups is 1. The largest absolute Gasteiger partial charge is 0.416 e. The molecule has 25 heavy (non-hydrogen) atoms. The maximum atomic E-state index is 12.7. The highest BCUT2D eigenvalue weighted by atomic mass is 19.4. The summed E-state index contributed by atoms with van der Waals surface area (Å²) in [7, 11) is 0. The molecule has 4 N–H and O–H groups in total. The third-order valence-electron chi connectivity index (χ3n) is 3.85. The lowest BCUT2D eigenvalue weighted by atomic mass is 9.95. The number of rotatable bonds is 3. The third-order valence-corrected chi connectivity index (χ3v) is 3.85. The fourth-order valence-electron chi connectivity index (χ4n) is 2.64. The van der Waals surface area contributed by atoms with Gasteiger partial charge in [-0.3, -0.25) is 0 Å². The number of aryl methyl sites for hydroxylation is 1. The normalized spacial score (nSPS) is 15.9. The van der Waals surface area contributed by atoms with Crippen LogP contribution in [0.25, 0.3) is 0 Å². The Bertz CT molecular complexity index is 820. The minimum Gasteiger partial charge on any atom is -0.391 e. The van der Waals surface area contributed by atoms with E-state index in [2.05, 4.69) is 15.1 Å². The summed E-state index contributed by atoms with van der Waals surface area (Å²) in [5.74, 6) is 0.449. The lowest BCUT2D eigenvalue weighted by Gasteiger charge is -2.17. The Morgan fingerprint density at radius 1 is 1.16 bits per heavy atom. The first kappa shape index (κ1) is 17.0. The summed E-state index contributed by atoms with van der Waals surface area (Å²) in [5, 5.41) is 4.03. The van der Waals surface area contributed by atoms with E-state index in [1.807, 2.05) is 0 Å². The minimum atomic E-state index is -4.38. The average Bonchev–Trinajstić information content (AvgIpc) is 2.55. The molecule has 0 atom stereocenters. The monoisotopic (exact) mass is 351 g/mol. The fraction of sp³-hybridized carbons (Fsp3) is 0.312. The predicted octanol–water partition coefficient (Wildman–Crippen LogP) is 2.72. The Morgan fingerprint density at radius 3 is 2.72 bits per heavy atom. The molecule has 0 amide bonds. The van der Waals surface area contributed by atoms with Gasteiger partial charge in [-0.05, 0) is 30.5 Å². The Kier molecular flexibility index (Phi) is 4.47. The first-order valence-electron chi connectivity index (χ1n) is 7.57. The number of halogens is 3. The second-order valence-electron chi connectivity index (χ2n) is 5.70. The van der Waals surface area contributed by atoms with Crippen molar-refractivity contribution in [3.8, 4) is 0 Å². The van der Waals surface area contributed by atoms with Gasteiger partial charge in [0.2, 0.25) is 5.95 Å². The number of nitrogen functional groups attached to an aromatic ring is 2. The van der Waals surface area contributed by atoms with Gasteiger partial charge in [-0.2, -0.15) is 18.2 Å². The fourth-order valence-corrected chi connectivity index (χ4v) is 2.64. The van der Waals surface area contributed by atoms with E-state index in [0.29, 0.717) is 30.6 Å². The molecule has 0 bridgehead atoms. The van der Waals surface area contributed by atoms with E-state index in [9.17, 15) is 13.2 Å². The molecule has 1 aromatic heterocycles. The van der Waals surface area contributed by atoms with Gasteiger partial charge in [0, 0.05) is 12.0 Å². The first-order valence-corrected chi connectivity index (χ1v) is 7.57. The summed E-state index contributed by atoms with van der Waals surface area (Å²) in [6, 6.07) is 4.96. The summed E-state index contributed by atoms with van der Waals surface area (Å²) in [6.45, 7) is -0.0476. The number of benzene rings is 1. The Hall–Kier alpha value is -2.84. The molecule has 9 heteroatoms. The maximum Gasteiger partial charge on any atom is 0.416 e. The number of nitrogens with two attached hydrogens (primary N) is 2. The van der Waals surface area contributed by atoms with E-state index in [1.165, 1.54) is 6.07 Å². The molecule has 1 aliphatic carbocycles. The average molecular weight is 351 g/mol. The highest BCUT2D eigenvalue weighted by molar-refractivity contribution is 5.89. The number of aromatic nitrogens is 2. The molecule has 0 fully saturated rings. The molecule has 0 radical (unpaired) electrons. The molecule has 0 saturated carbocycles. The van der Waals surface area contributed by atoms with Crippen LogP contribution in [-0.4, -0.2) is 15.7 Å². The number of hydrogen-bond donors (Lipinski definition) is 2. The number of anilines is 2. The van der Waals surface area contributed by atoms with E-state index in [1.54, 1.807) is 6.07 Å². The van der Waals surface area contributed by atoms with Crippen molar-refractivity contribution in [2.24, 2.45) is 5.16 Å². The van der Waals surface area contributed by atoms with Crippen LogP contribution in [-0.2, 0) is 30.5 Å². The second kappa shape index (κ2) is 6.58. The summed E-state index contributed by atoms with van der Waals surface area (Å²) < 4.78 is 38.1. The van der Waals surface area contributed by atoms with Crippen LogP contribution in [0.2, 0.25) is 0 Å². The summed E-state index contributed by atoms with van der Waals surface area (Å²) >= 11 is 0. The van der Waals surface area contributed by atoms with Crippen molar-refractivity contribution in [3.63, 3.8) is 0 Å². The highest BCUT2D eigenvalue weighted by Crippen LogP contribution is 2.29. The van der Waals surface area contributed by atoms with E-state index in [-0.39, 0.29) is 12.6 Å². The maximum absolute atomic E-state index is 12.7. The van der Waals surface area contributed by atoms with Crippen molar-refractivity contribution >= 4 is 17.5 Å². The van der Waals surface area contributed by atoms with Gasteiger partial charge in [0.15, 0.2) is 0 Å². The van der Waals surface area contributed by atoms with Crippen molar-refractivity contribution < 1.29 is 18.0 Å². The molecule has 3 rings (SSSR count). The molecule has 2 aromatic rings. The number of hydrogen-bond acceptors (Lipinski definition) is 6. The van der Waals surface area contributed by atoms with Crippen LogP contribution >= 0.6 is 0 Å². The van der Waals surface area contributed by atoms with Gasteiger partial charge in [0.05, 0.1) is 17.0 Å². The van der Waals surface area contributed by atoms with Crippen LogP contribution < -0.4 is 11.5 Å². The number of fused-ring (bicyclic) bond motifs is 1. The molecule has 0 aliphatic heterocycles. The van der Waals surface area contributed by atoms with Crippen LogP contribution in [0.4, 0.5) is 24.9 Å². The van der Waals surface area contributed by atoms with Crippen LogP contribution in [0.15, 0.2) is 29.4 Å². The summed E-state index contributed by atoms with van der Waals surface area (Å²) in [4.78, 5) is 13.3. The Morgan fingerprint density at radius 2 is 1.96 bits per heavy atom. The predicted molar refractivity (Wildman–Crippen MR) is 86.5 cm³/mol. The molecule has 1 heterocycles. The van der Waals surface area contributed by atoms with Crippen molar-refractivity contribution in [2.75, 3.05) is 11.5 Å². The van der Waals surface area contributed by atoms with Crippen molar-refractivity contribution in [1.82, 2.24) is 9.97 Å². The van der Waals surface area contributed by atoms with Gasteiger partial charge >= 0.3 is 6.18 Å². The summed E-state index contributed by atoms with van der Waals surface area (Å²) in [5.41, 5.74) is 13.4. The van der Waals surface area contributed by atoms with Crippen LogP contribution in [0.3, 0.4) is 0 Å². The van der Waals surface area contributed by atoms with Crippen LogP contribution in [0.5, 0.6) is 0 Å². The lowest BCUT2D eigenvalue weighted by Crippen LogP contribution is -2.19. The number of nitrogens with zero attached hydrogens (tertiary/aromatic N) is 3. The SMILES string of the molecule is Nc1nc(N)c2c(n1)CC/C(=N/OCc1cccc(C(F)(F)F)c1)C2. The van der Waals surface area contributed by atoms with Gasteiger partial charge in [0.1, 0.15) is 12.4 Å². The summed E-state index contributed by atoms with van der Waals surface area (Å²) in [6.07, 6.45) is -2.72. The van der Waals surface area contributed by atoms with E-state index < -0.39 is 11.7 Å². The van der Waals surface area contributed by atoms with Crippen LogP contribution in [0, 0.1) is 0 Å². The molecule has 6 nitrogen and oxygen atoms in total. The highest BCUT2D eigenvalue weighted by Gasteiger charge is 2.30. The second-order valence-corrected chi connectivity index (χ2v) is 5.70. The molecule has 0 saturated heterocycles. The van der Waals surface area contributed by atoms with Crippen molar-refractivity contribution in [3.05, 3.63) is 46.6 Å². The molecule has 0 unspecified atom stereocenters. The quantitative estimate of drug-likeness (QED) is 0.828. The lowest BCUT2D eigenvalue weighted by molar-refractivity contribution is -0.137. The van der Waals surface area contributed by atoms with E-state index >= 15 is 0 Å². The van der Waals surface area contributed by atoms with Crippen molar-refractivity contribution in [2.45, 2.75) is 32.0 Å². The zero-order valence-corrected chi connectivity index (χ0v) is 13.2. The zero-order chi connectivity index (χ0) is 18.0. The Labute approximate surface area is 141 Å². The minimum absolute atomic E-state index is 0.0476. The van der Waals surface area contributed by atoms with E-state index in [0.717, 1.165) is 29.1 Å². The van der Waals surface area contributed by atoms with Gasteiger partial charge in [-0.25, -0.2) is 4.98 Å². The first-order chi connectivity index (χ1) is 11.8. The third kappa shape index (κ3) is 3.98. The molecule has 0 spiro atoms. The van der Waals surface area contributed by atoms with Gasteiger partial charge in [-0.15, -0.1) is 0 Å². The van der Waals surface area contributed by atoms with Gasteiger partial charge < -0.3 is 16.3 Å². The standard InChI is InChI=1S/C16H16F3N5O/c17-16(18,19)10-3-1-2-9(6-10)8-25-24-11-4-5-13-12(7-11)14(20)23-15(21)22-13/h1-3,6H,4-5,7-8H2,(H4,20,21,22,23)/b24-11-. The van der Waals surface area contributed by atoms with Gasteiger partial charge in [0.25, 0.3) is 0 Å². The van der Waals surface area contributed by atoms with Crippen LogP contribution in [0.1, 0.15) is 28.8 Å². The van der Waals surface area contributed by atoms with Gasteiger partial charge in [-0.1, -0.05) is 17.3 Å². The molecule has 1 aromatic carbocycles. The topological polar surface area (TPSA) is 99.4 Å². The Balaban J connectivity index is 1.66. The molecular formula is C16H16F3N5O. The zero-order valence-electron chi connectivity index (χ0n) is 13.2. The number of alkyl halides is 3. The van der Waals surface area contributed by atoms with Crippen molar-refractivity contribution in [1.29, 1.82) is 0 Å². The molecule has 1 aliphatic rings.